The lowest BCUT2D eigenvalue weighted by molar-refractivity contribution is 0.905. The molecule has 0 aromatic carbocycles. The fraction of sp³-hybridized carbons (Fsp3) is 0.429. The van der Waals surface area contributed by atoms with E-state index in [0.29, 0.717) is 5.82 Å². The lowest BCUT2D eigenvalue weighted by atomic mass is 10.2. The normalized spacial score (nSPS) is 10.0. The van der Waals surface area contributed by atoms with Crippen LogP contribution in [0, 0.1) is 0 Å². The second kappa shape index (κ2) is 3.53. The monoisotopic (exact) mass is 171 g/mol. The average molecular weight is 172 g/mol. The van der Waals surface area contributed by atoms with E-state index in [1.807, 2.05) is 0 Å². The minimum Gasteiger partial charge on any atom is -0.383 e. The van der Waals surface area contributed by atoms with E-state index in [0.717, 1.165) is 18.4 Å². The molecule has 2 N–H and O–H groups in total. The van der Waals surface area contributed by atoms with Gasteiger partial charge in [0.2, 0.25) is 5.28 Å². The van der Waals surface area contributed by atoms with E-state index in [4.69, 9.17) is 17.3 Å². The standard InChI is InChI=1S/C7H10ClN3/c1-2-3-5-4-10-7(8)11-6(5)9/h4H,2-3H2,1H3,(H2,9,10,11). The highest BCUT2D eigenvalue weighted by Gasteiger charge is 2.00. The van der Waals surface area contributed by atoms with Crippen LogP contribution in [-0.2, 0) is 6.42 Å². The summed E-state index contributed by atoms with van der Waals surface area (Å²) in [4.78, 5) is 7.66. The molecule has 0 aliphatic carbocycles. The molecule has 1 rings (SSSR count). The predicted molar refractivity (Wildman–Crippen MR) is 45.4 cm³/mol. The zero-order valence-corrected chi connectivity index (χ0v) is 7.10. The fourth-order valence-corrected chi connectivity index (χ4v) is 0.999. The minimum absolute atomic E-state index is 0.211. The molecule has 0 bridgehead atoms. The molecule has 0 atom stereocenters. The van der Waals surface area contributed by atoms with Crippen molar-refractivity contribution in [2.45, 2.75) is 19.8 Å². The Labute approximate surface area is 70.6 Å². The van der Waals surface area contributed by atoms with Crippen LogP contribution in [0.4, 0.5) is 5.82 Å². The molecule has 0 radical (unpaired) electrons. The van der Waals surface area contributed by atoms with E-state index in [1.54, 1.807) is 6.20 Å². The van der Waals surface area contributed by atoms with E-state index < -0.39 is 0 Å². The van der Waals surface area contributed by atoms with Crippen LogP contribution < -0.4 is 5.73 Å². The third-order valence-electron chi connectivity index (χ3n) is 1.39. The third-order valence-corrected chi connectivity index (χ3v) is 1.57. The van der Waals surface area contributed by atoms with Crippen LogP contribution in [-0.4, -0.2) is 9.97 Å². The van der Waals surface area contributed by atoms with Crippen LogP contribution in [0.25, 0.3) is 0 Å². The highest BCUT2D eigenvalue weighted by Crippen LogP contribution is 2.11. The van der Waals surface area contributed by atoms with Gasteiger partial charge >= 0.3 is 0 Å². The lowest BCUT2D eigenvalue weighted by Crippen LogP contribution is -1.99. The Kier molecular flexibility index (Phi) is 2.65. The summed E-state index contributed by atoms with van der Waals surface area (Å²) in [7, 11) is 0. The van der Waals surface area contributed by atoms with E-state index >= 15 is 0 Å². The van der Waals surface area contributed by atoms with Crippen LogP contribution in [0.5, 0.6) is 0 Å². The molecule has 0 amide bonds. The maximum Gasteiger partial charge on any atom is 0.224 e. The number of nitrogens with zero attached hydrogens (tertiary/aromatic N) is 2. The highest BCUT2D eigenvalue weighted by atomic mass is 35.5. The van der Waals surface area contributed by atoms with Gasteiger partial charge in [0.05, 0.1) is 0 Å². The summed E-state index contributed by atoms with van der Waals surface area (Å²) in [5.74, 6) is 0.492. The van der Waals surface area contributed by atoms with Gasteiger partial charge in [-0.05, 0) is 18.0 Å². The van der Waals surface area contributed by atoms with Crippen molar-refractivity contribution < 1.29 is 0 Å². The molecular formula is C7H10ClN3. The van der Waals surface area contributed by atoms with Crippen LogP contribution in [0.3, 0.4) is 0 Å². The van der Waals surface area contributed by atoms with Crippen molar-refractivity contribution >= 4 is 17.4 Å². The van der Waals surface area contributed by atoms with Gasteiger partial charge in [-0.3, -0.25) is 0 Å². The number of anilines is 1. The molecule has 0 aliphatic heterocycles. The largest absolute Gasteiger partial charge is 0.383 e. The molecule has 0 unspecified atom stereocenters. The quantitative estimate of drug-likeness (QED) is 0.689. The summed E-state index contributed by atoms with van der Waals surface area (Å²) in [5, 5.41) is 0.211. The van der Waals surface area contributed by atoms with E-state index in [1.165, 1.54) is 0 Å². The number of nitrogens with two attached hydrogens (primary N) is 1. The Hall–Kier alpha value is -0.830. The van der Waals surface area contributed by atoms with Crippen molar-refractivity contribution in [2.24, 2.45) is 0 Å². The Bertz CT molecular complexity index is 249. The molecule has 1 aromatic rings. The third kappa shape index (κ3) is 2.05. The van der Waals surface area contributed by atoms with Crippen LogP contribution in [0.2, 0.25) is 5.28 Å². The molecule has 1 aromatic heterocycles. The van der Waals surface area contributed by atoms with E-state index in [-0.39, 0.29) is 5.28 Å². The van der Waals surface area contributed by atoms with Crippen LogP contribution in [0.15, 0.2) is 6.20 Å². The summed E-state index contributed by atoms with van der Waals surface area (Å²) >= 11 is 5.51. The summed E-state index contributed by atoms with van der Waals surface area (Å²) in [5.41, 5.74) is 6.54. The van der Waals surface area contributed by atoms with Crippen molar-refractivity contribution in [1.82, 2.24) is 9.97 Å². The van der Waals surface area contributed by atoms with Gasteiger partial charge in [0.1, 0.15) is 5.82 Å². The summed E-state index contributed by atoms with van der Waals surface area (Å²) in [6, 6.07) is 0. The van der Waals surface area contributed by atoms with Crippen molar-refractivity contribution in [2.75, 3.05) is 5.73 Å². The molecule has 4 heteroatoms. The molecule has 11 heavy (non-hydrogen) atoms. The van der Waals surface area contributed by atoms with Gasteiger partial charge in [-0.2, -0.15) is 0 Å². The van der Waals surface area contributed by atoms with Gasteiger partial charge in [0.15, 0.2) is 0 Å². The number of aromatic nitrogens is 2. The van der Waals surface area contributed by atoms with Crippen LogP contribution >= 0.6 is 11.6 Å². The maximum atomic E-state index is 5.57. The van der Waals surface area contributed by atoms with Gasteiger partial charge in [-0.1, -0.05) is 13.3 Å². The second-order valence-electron chi connectivity index (χ2n) is 2.30. The highest BCUT2D eigenvalue weighted by molar-refractivity contribution is 6.28. The zero-order valence-electron chi connectivity index (χ0n) is 6.34. The number of nitrogen functional groups attached to an aromatic ring is 1. The Balaban J connectivity index is 2.90. The first-order chi connectivity index (χ1) is 5.24. The molecule has 0 spiro atoms. The first kappa shape index (κ1) is 8.27. The van der Waals surface area contributed by atoms with Crippen molar-refractivity contribution in [3.63, 3.8) is 0 Å². The number of hydrogen-bond acceptors (Lipinski definition) is 3. The second-order valence-corrected chi connectivity index (χ2v) is 2.64. The molecule has 1 heterocycles. The minimum atomic E-state index is 0.211. The van der Waals surface area contributed by atoms with Crippen LogP contribution in [0.1, 0.15) is 18.9 Å². The molecule has 0 aliphatic rings. The fourth-order valence-electron chi connectivity index (χ4n) is 0.859. The number of rotatable bonds is 2. The van der Waals surface area contributed by atoms with E-state index in [2.05, 4.69) is 16.9 Å². The number of aryl methyl sites for hydroxylation is 1. The van der Waals surface area contributed by atoms with E-state index in [9.17, 15) is 0 Å². The predicted octanol–water partition coefficient (Wildman–Crippen LogP) is 1.66. The molecule has 0 saturated heterocycles. The first-order valence-electron chi connectivity index (χ1n) is 3.51. The molecule has 3 nitrogen and oxygen atoms in total. The molecule has 0 fully saturated rings. The number of hydrogen-bond donors (Lipinski definition) is 1. The average Bonchev–Trinajstić information content (AvgIpc) is 1.95. The Morgan fingerprint density at radius 2 is 2.36 bits per heavy atom. The summed E-state index contributed by atoms with van der Waals surface area (Å²) in [6.07, 6.45) is 3.62. The summed E-state index contributed by atoms with van der Waals surface area (Å²) < 4.78 is 0. The lowest BCUT2D eigenvalue weighted by Gasteiger charge is -2.00. The molecule has 0 saturated carbocycles. The van der Waals surface area contributed by atoms with Crippen molar-refractivity contribution in [1.29, 1.82) is 0 Å². The van der Waals surface area contributed by atoms with Gasteiger partial charge in [-0.15, -0.1) is 0 Å². The Morgan fingerprint density at radius 1 is 1.64 bits per heavy atom. The van der Waals surface area contributed by atoms with Gasteiger partial charge in [0.25, 0.3) is 0 Å². The molecule has 60 valence electrons. The van der Waals surface area contributed by atoms with Crippen molar-refractivity contribution in [3.8, 4) is 0 Å². The maximum absolute atomic E-state index is 5.57. The first-order valence-corrected chi connectivity index (χ1v) is 3.88. The topological polar surface area (TPSA) is 51.8 Å². The zero-order chi connectivity index (χ0) is 8.27. The molecular weight excluding hydrogens is 162 g/mol. The number of halogens is 1. The Morgan fingerprint density at radius 3 is 2.91 bits per heavy atom. The summed E-state index contributed by atoms with van der Waals surface area (Å²) in [6.45, 7) is 2.08. The van der Waals surface area contributed by atoms with Gasteiger partial charge < -0.3 is 5.73 Å². The van der Waals surface area contributed by atoms with Gasteiger partial charge in [-0.25, -0.2) is 9.97 Å². The van der Waals surface area contributed by atoms with Gasteiger partial charge in [0, 0.05) is 11.8 Å². The smallest absolute Gasteiger partial charge is 0.224 e. The van der Waals surface area contributed by atoms with Crippen molar-refractivity contribution in [3.05, 3.63) is 17.0 Å². The SMILES string of the molecule is CCCc1cnc(Cl)nc1N.